The number of thiazole rings is 1. The van der Waals surface area contributed by atoms with E-state index in [2.05, 4.69) is 85.8 Å². The van der Waals surface area contributed by atoms with Gasteiger partial charge in [-0.2, -0.15) is 0 Å². The number of aromatic nitrogens is 2. The van der Waals surface area contributed by atoms with Crippen molar-refractivity contribution >= 4 is 28.5 Å². The maximum atomic E-state index is 4.61. The predicted octanol–water partition coefficient (Wildman–Crippen LogP) is 4.35. The lowest BCUT2D eigenvalue weighted by atomic mass is 10.1. The van der Waals surface area contributed by atoms with E-state index in [4.69, 9.17) is 0 Å². The first-order chi connectivity index (χ1) is 14.6. The quantitative estimate of drug-likeness (QED) is 0.648. The van der Waals surface area contributed by atoms with Crippen molar-refractivity contribution in [1.29, 1.82) is 0 Å². The summed E-state index contributed by atoms with van der Waals surface area (Å²) in [5.41, 5.74) is 5.88. The number of hydrogen-bond acceptors (Lipinski definition) is 4. The van der Waals surface area contributed by atoms with Gasteiger partial charge >= 0.3 is 0 Å². The summed E-state index contributed by atoms with van der Waals surface area (Å²) in [5.74, 6) is 0.755. The van der Waals surface area contributed by atoms with Gasteiger partial charge in [0.15, 0.2) is 4.96 Å². The van der Waals surface area contributed by atoms with Crippen LogP contribution in [0.25, 0.3) is 16.2 Å². The second kappa shape index (κ2) is 9.36. The fourth-order valence-corrected chi connectivity index (χ4v) is 4.22. The maximum Gasteiger partial charge on any atom is 0.222 e. The summed E-state index contributed by atoms with van der Waals surface area (Å²) in [4.78, 5) is 14.5. The highest BCUT2D eigenvalue weighted by molar-refractivity contribution is 7.15. The minimum absolute atomic E-state index is 0.389. The Kier molecular flexibility index (Phi) is 6.40. The summed E-state index contributed by atoms with van der Waals surface area (Å²) < 4.78 is 2.14. The van der Waals surface area contributed by atoms with Crippen molar-refractivity contribution in [3.8, 4) is 11.3 Å². The van der Waals surface area contributed by atoms with Crippen molar-refractivity contribution < 1.29 is 0 Å². The van der Waals surface area contributed by atoms with E-state index in [-0.39, 0.29) is 0 Å². The van der Waals surface area contributed by atoms with Gasteiger partial charge in [0.05, 0.1) is 11.7 Å². The molecular formula is C23H28N6S. The Bertz CT molecular complexity index is 1080. The van der Waals surface area contributed by atoms with Crippen LogP contribution < -0.4 is 10.6 Å². The molecule has 0 aliphatic carbocycles. The Morgan fingerprint density at radius 2 is 2.00 bits per heavy atom. The third-order valence-electron chi connectivity index (χ3n) is 5.13. The molecule has 3 aromatic rings. The molecule has 2 aromatic heterocycles. The molecule has 156 valence electrons. The highest BCUT2D eigenvalue weighted by atomic mass is 32.1. The minimum atomic E-state index is 0.389. The average Bonchev–Trinajstić information content (AvgIpc) is 3.43. The number of hydrogen-bond donors (Lipinski definition) is 2. The molecule has 1 fully saturated rings. The van der Waals surface area contributed by atoms with E-state index in [0.29, 0.717) is 6.04 Å². The zero-order chi connectivity index (χ0) is 20.9. The Balaban J connectivity index is 0.000000147. The van der Waals surface area contributed by atoms with Crippen LogP contribution in [0.4, 0.5) is 0 Å². The third-order valence-corrected chi connectivity index (χ3v) is 6.08. The number of allylic oxidation sites excluding steroid dienone is 2. The third kappa shape index (κ3) is 5.04. The first kappa shape index (κ1) is 20.5. The van der Waals surface area contributed by atoms with Gasteiger partial charge in [-0.25, -0.2) is 15.0 Å². The van der Waals surface area contributed by atoms with E-state index in [0.717, 1.165) is 48.2 Å². The molecular weight excluding hydrogens is 392 g/mol. The molecule has 0 bridgehead atoms. The van der Waals surface area contributed by atoms with Crippen LogP contribution in [-0.2, 0) is 0 Å². The van der Waals surface area contributed by atoms with Gasteiger partial charge in [-0.3, -0.25) is 4.40 Å². The molecule has 6 nitrogen and oxygen atoms in total. The molecule has 2 aliphatic heterocycles. The summed E-state index contributed by atoms with van der Waals surface area (Å²) >= 11 is 1.68. The molecule has 2 N–H and O–H groups in total. The number of aliphatic imine (C=N–C) groups is 2. The van der Waals surface area contributed by atoms with Crippen molar-refractivity contribution in [3.63, 3.8) is 0 Å². The first-order valence-corrected chi connectivity index (χ1v) is 11.2. The Morgan fingerprint density at radius 3 is 2.73 bits per heavy atom. The molecule has 0 amide bonds. The van der Waals surface area contributed by atoms with E-state index in [1.165, 1.54) is 16.8 Å². The van der Waals surface area contributed by atoms with Crippen molar-refractivity contribution in [2.24, 2.45) is 9.98 Å². The molecule has 0 radical (unpaired) electrons. The normalized spacial score (nSPS) is 19.9. The van der Waals surface area contributed by atoms with Crippen LogP contribution in [-0.4, -0.2) is 40.7 Å². The van der Waals surface area contributed by atoms with Gasteiger partial charge in [0.1, 0.15) is 0 Å². The molecule has 0 saturated carbocycles. The van der Waals surface area contributed by atoms with Crippen molar-refractivity contribution in [2.45, 2.75) is 39.7 Å². The Labute approximate surface area is 181 Å². The Hall–Kier alpha value is -2.77. The lowest BCUT2D eigenvalue weighted by molar-refractivity contribution is 0.737. The van der Waals surface area contributed by atoms with Gasteiger partial charge in [-0.1, -0.05) is 35.9 Å². The van der Waals surface area contributed by atoms with Gasteiger partial charge in [0.2, 0.25) is 5.96 Å². The molecule has 2 aliphatic rings. The summed E-state index contributed by atoms with van der Waals surface area (Å²) in [6.45, 7) is 8.28. The fraction of sp³-hybridized carbons (Fsp3) is 0.348. The number of guanidine groups is 1. The molecule has 7 heteroatoms. The topological polar surface area (TPSA) is 66.1 Å². The fourth-order valence-electron chi connectivity index (χ4n) is 3.37. The molecule has 1 saturated heterocycles. The van der Waals surface area contributed by atoms with E-state index in [1.807, 2.05) is 13.1 Å². The van der Waals surface area contributed by atoms with Crippen molar-refractivity contribution in [2.75, 3.05) is 13.1 Å². The summed E-state index contributed by atoms with van der Waals surface area (Å²) in [5, 5.41) is 8.60. The number of nitrogens with one attached hydrogen (secondary N) is 2. The smallest absolute Gasteiger partial charge is 0.222 e. The molecule has 1 atom stereocenters. The number of nitrogens with zero attached hydrogens (tertiary/aromatic N) is 4. The lowest BCUT2D eigenvalue weighted by Crippen LogP contribution is -2.22. The zero-order valence-corrected chi connectivity index (χ0v) is 18.5. The monoisotopic (exact) mass is 420 g/mol. The lowest BCUT2D eigenvalue weighted by Gasteiger charge is -2.06. The van der Waals surface area contributed by atoms with Gasteiger partial charge < -0.3 is 10.6 Å². The van der Waals surface area contributed by atoms with E-state index in [9.17, 15) is 0 Å². The van der Waals surface area contributed by atoms with Gasteiger partial charge in [0.25, 0.3) is 0 Å². The van der Waals surface area contributed by atoms with E-state index >= 15 is 0 Å². The largest absolute Gasteiger partial charge is 0.329 e. The summed E-state index contributed by atoms with van der Waals surface area (Å²) in [6.07, 6.45) is 8.11. The van der Waals surface area contributed by atoms with Crippen LogP contribution in [0, 0.1) is 13.8 Å². The Morgan fingerprint density at radius 1 is 1.17 bits per heavy atom. The first-order valence-electron chi connectivity index (χ1n) is 10.3. The highest BCUT2D eigenvalue weighted by Crippen LogP contribution is 2.23. The molecule has 4 heterocycles. The summed E-state index contributed by atoms with van der Waals surface area (Å²) in [6, 6.07) is 8.87. The van der Waals surface area contributed by atoms with Crippen LogP contribution >= 0.6 is 11.3 Å². The van der Waals surface area contributed by atoms with Crippen molar-refractivity contribution in [3.05, 3.63) is 58.9 Å². The standard InChI is InChI=1S/C13H12N2S.C10H16N4/c1-9-3-5-11(6-4-9)12-7-15-10(2)8-16-13(15)14-12;1-8-3-2-5-12-10(13-8)14-9-4-6-11-7-9/h3-8H,1-2H3;3,5,9,11H,2,4,6-7H2,1H3,(H,13,14). The van der Waals surface area contributed by atoms with Crippen molar-refractivity contribution in [1.82, 2.24) is 20.0 Å². The molecule has 1 aromatic carbocycles. The number of aryl methyl sites for hydroxylation is 2. The van der Waals surface area contributed by atoms with E-state index in [1.54, 1.807) is 11.3 Å². The highest BCUT2D eigenvalue weighted by Gasteiger charge is 2.14. The number of benzene rings is 1. The predicted molar refractivity (Wildman–Crippen MR) is 127 cm³/mol. The molecule has 5 rings (SSSR count). The van der Waals surface area contributed by atoms with Crippen LogP contribution in [0.15, 0.2) is 57.6 Å². The van der Waals surface area contributed by atoms with Gasteiger partial charge in [-0.15, -0.1) is 11.3 Å². The average molecular weight is 421 g/mol. The summed E-state index contributed by atoms with van der Waals surface area (Å²) in [7, 11) is 0. The van der Waals surface area contributed by atoms with Crippen LogP contribution in [0.3, 0.4) is 0 Å². The van der Waals surface area contributed by atoms with Crippen LogP contribution in [0.5, 0.6) is 0 Å². The van der Waals surface area contributed by atoms with Gasteiger partial charge in [-0.05, 0) is 33.7 Å². The van der Waals surface area contributed by atoms with Gasteiger partial charge in [0, 0.05) is 47.7 Å². The SMILES string of the molecule is CC1=CCC=NC(=NC2CCNC2)N1.Cc1ccc(-c2cn3c(C)csc3n2)cc1. The molecule has 1 unspecified atom stereocenters. The number of imidazole rings is 1. The zero-order valence-electron chi connectivity index (χ0n) is 17.7. The maximum absolute atomic E-state index is 4.61. The number of fused-ring (bicyclic) bond motifs is 1. The second-order valence-corrected chi connectivity index (χ2v) is 8.52. The van der Waals surface area contributed by atoms with Crippen LogP contribution in [0.2, 0.25) is 0 Å². The molecule has 0 spiro atoms. The minimum Gasteiger partial charge on any atom is -0.329 e. The number of rotatable bonds is 2. The van der Waals surface area contributed by atoms with Crippen LogP contribution in [0.1, 0.15) is 31.0 Å². The van der Waals surface area contributed by atoms with E-state index < -0.39 is 0 Å². The molecule has 30 heavy (non-hydrogen) atoms. The second-order valence-electron chi connectivity index (χ2n) is 7.68.